The molecule has 5 nitrogen and oxygen atoms in total. The third kappa shape index (κ3) is 5.08. The molecule has 0 spiro atoms. The summed E-state index contributed by atoms with van der Waals surface area (Å²) in [5.74, 6) is 0.801. The molecule has 0 saturated heterocycles. The van der Waals surface area contributed by atoms with Gasteiger partial charge in [-0.3, -0.25) is 5.32 Å². The van der Waals surface area contributed by atoms with Crippen LogP contribution in [-0.4, -0.2) is 10.4 Å². The van der Waals surface area contributed by atoms with Crippen LogP contribution in [0.1, 0.15) is 29.0 Å². The Balaban J connectivity index is 1.00. The highest BCUT2D eigenvalue weighted by Crippen LogP contribution is 2.45. The summed E-state index contributed by atoms with van der Waals surface area (Å²) >= 11 is 1.87. The summed E-state index contributed by atoms with van der Waals surface area (Å²) in [6.07, 6.45) is -0.359. The number of aromatic nitrogens is 1. The SMILES string of the molecule is c1ccc(C2N=C(c3cccc4c3oc3ccc(-c5cccc6sc7c(-n8c9ccccc9c9ccccc98)cccc7c56)cc34)NC(c3ccccc3)N2)cc1. The molecule has 11 aromatic rings. The first-order chi connectivity index (χ1) is 28.3. The Kier molecular flexibility index (Phi) is 7.24. The van der Waals surface area contributed by atoms with Crippen molar-refractivity contribution in [3.8, 4) is 16.8 Å². The van der Waals surface area contributed by atoms with Crippen molar-refractivity contribution in [2.24, 2.45) is 4.99 Å². The van der Waals surface area contributed by atoms with Crippen LogP contribution in [0, 0.1) is 0 Å². The second kappa shape index (κ2) is 12.8. The lowest BCUT2D eigenvalue weighted by molar-refractivity contribution is 0.409. The predicted octanol–water partition coefficient (Wildman–Crippen LogP) is 13.1. The highest BCUT2D eigenvalue weighted by Gasteiger charge is 2.27. The Bertz CT molecular complexity index is 3320. The van der Waals surface area contributed by atoms with Gasteiger partial charge in [0.15, 0.2) is 0 Å². The third-order valence-electron chi connectivity index (χ3n) is 11.5. The van der Waals surface area contributed by atoms with Crippen LogP contribution >= 0.6 is 11.3 Å². The van der Waals surface area contributed by atoms with Gasteiger partial charge in [0, 0.05) is 37.0 Å². The number of hydrogen-bond donors (Lipinski definition) is 2. The highest BCUT2D eigenvalue weighted by molar-refractivity contribution is 7.26. The van der Waals surface area contributed by atoms with Crippen LogP contribution in [0.4, 0.5) is 0 Å². The fourth-order valence-corrected chi connectivity index (χ4v) is 10.1. The summed E-state index contributed by atoms with van der Waals surface area (Å²) in [6, 6.07) is 64.9. The van der Waals surface area contributed by atoms with Crippen LogP contribution in [0.15, 0.2) is 191 Å². The molecule has 57 heavy (non-hydrogen) atoms. The zero-order chi connectivity index (χ0) is 37.5. The molecular formula is C51H34N4OS. The monoisotopic (exact) mass is 750 g/mol. The molecule has 2 atom stereocenters. The maximum atomic E-state index is 6.74. The zero-order valence-electron chi connectivity index (χ0n) is 30.7. The molecule has 0 saturated carbocycles. The van der Waals surface area contributed by atoms with Gasteiger partial charge in [-0.25, -0.2) is 4.99 Å². The zero-order valence-corrected chi connectivity index (χ0v) is 31.5. The molecule has 2 unspecified atom stereocenters. The fraction of sp³-hybridized carbons (Fsp3) is 0.0392. The minimum absolute atomic E-state index is 0.133. The molecule has 0 bridgehead atoms. The van der Waals surface area contributed by atoms with E-state index in [1.807, 2.05) is 23.5 Å². The van der Waals surface area contributed by atoms with Gasteiger partial charge in [-0.05, 0) is 64.7 Å². The Morgan fingerprint density at radius 3 is 1.98 bits per heavy atom. The van der Waals surface area contributed by atoms with Crippen LogP contribution in [0.3, 0.4) is 0 Å². The maximum absolute atomic E-state index is 6.74. The van der Waals surface area contributed by atoms with Crippen molar-refractivity contribution in [1.29, 1.82) is 0 Å². The van der Waals surface area contributed by atoms with E-state index < -0.39 is 0 Å². The summed E-state index contributed by atoms with van der Waals surface area (Å²) < 4.78 is 11.7. The van der Waals surface area contributed by atoms with Gasteiger partial charge in [0.2, 0.25) is 0 Å². The average molecular weight is 751 g/mol. The average Bonchev–Trinajstić information content (AvgIpc) is 3.96. The first-order valence-corrected chi connectivity index (χ1v) is 20.2. The Morgan fingerprint density at radius 1 is 0.544 bits per heavy atom. The second-order valence-corrected chi connectivity index (χ2v) is 15.8. The van der Waals surface area contributed by atoms with E-state index in [0.29, 0.717) is 0 Å². The van der Waals surface area contributed by atoms with Crippen LogP contribution in [0.25, 0.3) is 80.7 Å². The smallest absolute Gasteiger partial charge is 0.146 e. The topological polar surface area (TPSA) is 54.5 Å². The summed E-state index contributed by atoms with van der Waals surface area (Å²) in [4.78, 5) is 5.23. The van der Waals surface area contributed by atoms with Gasteiger partial charge in [-0.15, -0.1) is 11.3 Å². The van der Waals surface area contributed by atoms with Crippen molar-refractivity contribution in [2.45, 2.75) is 12.3 Å². The summed E-state index contributed by atoms with van der Waals surface area (Å²) in [5.41, 5.74) is 10.9. The Morgan fingerprint density at radius 2 is 1.19 bits per heavy atom. The first kappa shape index (κ1) is 32.3. The van der Waals surface area contributed by atoms with Crippen molar-refractivity contribution in [3.63, 3.8) is 0 Å². The second-order valence-electron chi connectivity index (χ2n) is 14.7. The number of para-hydroxylation sites is 3. The molecule has 0 fully saturated rings. The number of thiophene rings is 1. The molecule has 4 heterocycles. The maximum Gasteiger partial charge on any atom is 0.146 e. The summed E-state index contributed by atoms with van der Waals surface area (Å²) in [7, 11) is 0. The lowest BCUT2D eigenvalue weighted by atomic mass is 9.97. The van der Waals surface area contributed by atoms with Gasteiger partial charge >= 0.3 is 0 Å². The van der Waals surface area contributed by atoms with Gasteiger partial charge in [-0.1, -0.05) is 140 Å². The van der Waals surface area contributed by atoms with E-state index in [1.165, 1.54) is 53.2 Å². The van der Waals surface area contributed by atoms with Crippen LogP contribution in [0.2, 0.25) is 0 Å². The lowest BCUT2D eigenvalue weighted by Gasteiger charge is -2.32. The van der Waals surface area contributed by atoms with Crippen LogP contribution in [-0.2, 0) is 0 Å². The van der Waals surface area contributed by atoms with E-state index in [-0.39, 0.29) is 12.3 Å². The van der Waals surface area contributed by atoms with Crippen molar-refractivity contribution in [1.82, 2.24) is 15.2 Å². The normalized spacial score (nSPS) is 15.9. The lowest BCUT2D eigenvalue weighted by Crippen LogP contribution is -2.45. The molecule has 6 heteroatoms. The van der Waals surface area contributed by atoms with Gasteiger partial charge < -0.3 is 14.3 Å². The third-order valence-corrected chi connectivity index (χ3v) is 12.7. The number of aliphatic imine (C=N–C) groups is 1. The largest absolute Gasteiger partial charge is 0.455 e. The number of fused-ring (bicyclic) bond motifs is 9. The van der Waals surface area contributed by atoms with Crippen LogP contribution in [0.5, 0.6) is 0 Å². The van der Waals surface area contributed by atoms with E-state index in [9.17, 15) is 0 Å². The number of nitrogens with one attached hydrogen (secondary N) is 2. The number of benzene rings is 8. The van der Waals surface area contributed by atoms with Gasteiger partial charge in [0.25, 0.3) is 0 Å². The molecule has 0 amide bonds. The van der Waals surface area contributed by atoms with E-state index in [4.69, 9.17) is 9.41 Å². The highest BCUT2D eigenvalue weighted by atomic mass is 32.1. The molecule has 2 N–H and O–H groups in total. The molecule has 3 aromatic heterocycles. The molecule has 1 aliphatic heterocycles. The van der Waals surface area contributed by atoms with Crippen molar-refractivity contribution in [2.75, 3.05) is 0 Å². The first-order valence-electron chi connectivity index (χ1n) is 19.4. The molecule has 1 aliphatic rings. The van der Waals surface area contributed by atoms with Crippen molar-refractivity contribution < 1.29 is 4.42 Å². The number of furan rings is 1. The molecule has 270 valence electrons. The van der Waals surface area contributed by atoms with E-state index in [1.54, 1.807) is 0 Å². The van der Waals surface area contributed by atoms with Crippen molar-refractivity contribution >= 4 is 81.1 Å². The van der Waals surface area contributed by atoms with E-state index >= 15 is 0 Å². The Labute approximate surface area is 332 Å². The summed E-state index contributed by atoms with van der Waals surface area (Å²) in [6.45, 7) is 0. The fourth-order valence-electron chi connectivity index (χ4n) is 8.90. The minimum Gasteiger partial charge on any atom is -0.455 e. The number of rotatable bonds is 5. The minimum atomic E-state index is -0.227. The molecule has 12 rings (SSSR count). The van der Waals surface area contributed by atoms with E-state index in [0.717, 1.165) is 50.0 Å². The quantitative estimate of drug-likeness (QED) is 0.184. The van der Waals surface area contributed by atoms with Crippen molar-refractivity contribution in [3.05, 3.63) is 199 Å². The van der Waals surface area contributed by atoms with Crippen LogP contribution < -0.4 is 10.6 Å². The molecule has 0 radical (unpaired) electrons. The predicted molar refractivity (Wildman–Crippen MR) is 238 cm³/mol. The standard InChI is InChI=1S/C51H34N4OS/c1-3-14-31(15-4-1)49-52-50(32-16-5-2-6-17-32)54-51(53-49)39-23-11-21-37-40-30-33(28-29-44(40)56-47(37)39)34-20-13-27-45-46(34)38-22-12-26-43(48(38)57-45)55-41-24-9-7-18-35(41)36-19-8-10-25-42(36)55/h1-30,49-50,52H,(H,53,54). The summed E-state index contributed by atoms with van der Waals surface area (Å²) in [5, 5.41) is 14.6. The molecule has 8 aromatic carbocycles. The number of nitrogens with zero attached hydrogens (tertiary/aromatic N) is 2. The van der Waals surface area contributed by atoms with Gasteiger partial charge in [-0.2, -0.15) is 0 Å². The number of amidine groups is 1. The van der Waals surface area contributed by atoms with E-state index in [2.05, 4.69) is 185 Å². The number of hydrogen-bond acceptors (Lipinski definition) is 5. The van der Waals surface area contributed by atoms with Gasteiger partial charge in [0.1, 0.15) is 29.3 Å². The van der Waals surface area contributed by atoms with Gasteiger partial charge in [0.05, 0.1) is 27.0 Å². The molecular weight excluding hydrogens is 717 g/mol. The Hall–Kier alpha value is -6.99. The molecule has 0 aliphatic carbocycles.